The van der Waals surface area contributed by atoms with E-state index in [1.165, 1.54) is 28.6 Å². The van der Waals surface area contributed by atoms with Crippen LogP contribution in [0.15, 0.2) is 29.6 Å². The lowest BCUT2D eigenvalue weighted by atomic mass is 10.1. The minimum atomic E-state index is -0.152. The van der Waals surface area contributed by atoms with Gasteiger partial charge in [0.05, 0.1) is 17.9 Å². The number of hydrogen-bond acceptors (Lipinski definition) is 3. The molecule has 0 radical (unpaired) electrons. The Morgan fingerprint density at radius 1 is 1.25 bits per heavy atom. The molecule has 5 rings (SSSR count). The molecule has 1 aliphatic carbocycles. The third kappa shape index (κ3) is 1.97. The van der Waals surface area contributed by atoms with Crippen molar-refractivity contribution in [1.29, 1.82) is 0 Å². The van der Waals surface area contributed by atoms with Crippen molar-refractivity contribution < 1.29 is 4.79 Å². The van der Waals surface area contributed by atoms with E-state index in [4.69, 9.17) is 4.98 Å². The van der Waals surface area contributed by atoms with Crippen LogP contribution in [0.3, 0.4) is 0 Å². The van der Waals surface area contributed by atoms with Gasteiger partial charge in [-0.1, -0.05) is 6.07 Å². The molecule has 24 heavy (non-hydrogen) atoms. The Morgan fingerprint density at radius 3 is 2.88 bits per heavy atom. The lowest BCUT2D eigenvalue weighted by Gasteiger charge is -2.31. The van der Waals surface area contributed by atoms with Crippen molar-refractivity contribution in [1.82, 2.24) is 14.5 Å². The molecule has 1 atom stereocenters. The first-order valence-corrected chi connectivity index (χ1v) is 9.35. The number of rotatable bonds is 2. The van der Waals surface area contributed by atoms with E-state index in [9.17, 15) is 4.79 Å². The molecular weight excluding hydrogens is 318 g/mol. The number of thiophene rings is 1. The molecule has 0 spiro atoms. The number of carbonyl (C=O) groups excluding carboxylic acids is 1. The molecule has 1 amide bonds. The lowest BCUT2D eigenvalue weighted by molar-refractivity contribution is -0.135. The van der Waals surface area contributed by atoms with Crippen LogP contribution < -0.4 is 0 Å². The Hall–Kier alpha value is -2.14. The number of aromatic nitrogens is 2. The molecule has 122 valence electrons. The SMILES string of the molecule is C[C@H]1C(=O)N(C)Cc2c(-c3ccc4sccc4c3)nc(C3CC3)n21. The standard InChI is InChI=1S/C19H19N3OS/c1-11-19(23)21(2)10-15-17(20-18(22(11)15)12-3-4-12)14-5-6-16-13(9-14)7-8-24-16/h5-9,11-12H,3-4,10H2,1-2H3/t11-/m0/s1. The van der Waals surface area contributed by atoms with Crippen LogP contribution in [0.1, 0.15) is 43.2 Å². The molecule has 2 aromatic heterocycles. The lowest BCUT2D eigenvalue weighted by Crippen LogP contribution is -2.39. The third-order valence-corrected chi connectivity index (χ3v) is 6.11. The van der Waals surface area contributed by atoms with E-state index in [2.05, 4.69) is 34.2 Å². The van der Waals surface area contributed by atoms with Crippen molar-refractivity contribution in [2.45, 2.75) is 38.3 Å². The third-order valence-electron chi connectivity index (χ3n) is 5.21. The molecule has 0 saturated heterocycles. The molecule has 2 aliphatic rings. The number of imidazole rings is 1. The second-order valence-electron chi connectivity index (χ2n) is 6.95. The number of amides is 1. The Labute approximate surface area is 144 Å². The minimum absolute atomic E-state index is 0.152. The topological polar surface area (TPSA) is 38.1 Å². The fraction of sp³-hybridized carbons (Fsp3) is 0.368. The van der Waals surface area contributed by atoms with Gasteiger partial charge in [-0.05, 0) is 48.7 Å². The number of fused-ring (bicyclic) bond motifs is 2. The van der Waals surface area contributed by atoms with Gasteiger partial charge in [0, 0.05) is 23.2 Å². The zero-order valence-electron chi connectivity index (χ0n) is 13.8. The summed E-state index contributed by atoms with van der Waals surface area (Å²) in [5, 5.41) is 3.39. The Kier molecular flexibility index (Phi) is 2.92. The van der Waals surface area contributed by atoms with E-state index in [1.54, 1.807) is 11.3 Å². The summed E-state index contributed by atoms with van der Waals surface area (Å²) in [6.07, 6.45) is 2.38. The number of hydrogen-bond donors (Lipinski definition) is 0. The normalized spacial score (nSPS) is 20.7. The van der Waals surface area contributed by atoms with Crippen molar-refractivity contribution in [3.05, 3.63) is 41.2 Å². The van der Waals surface area contributed by atoms with Crippen molar-refractivity contribution in [3.63, 3.8) is 0 Å². The number of benzene rings is 1. The number of nitrogens with zero attached hydrogens (tertiary/aromatic N) is 3. The van der Waals surface area contributed by atoms with Crippen molar-refractivity contribution >= 4 is 27.3 Å². The summed E-state index contributed by atoms with van der Waals surface area (Å²) in [5.41, 5.74) is 3.39. The predicted octanol–water partition coefficient (Wildman–Crippen LogP) is 4.18. The second kappa shape index (κ2) is 4.93. The van der Waals surface area contributed by atoms with Gasteiger partial charge in [-0.3, -0.25) is 4.79 Å². The first-order valence-electron chi connectivity index (χ1n) is 8.47. The number of likely N-dealkylation sites (N-methyl/N-ethyl adjacent to an activating group) is 1. The van der Waals surface area contributed by atoms with Gasteiger partial charge in [0.1, 0.15) is 11.9 Å². The van der Waals surface area contributed by atoms with Crippen LogP contribution in [-0.2, 0) is 11.3 Å². The van der Waals surface area contributed by atoms with E-state index in [0.29, 0.717) is 12.5 Å². The highest BCUT2D eigenvalue weighted by Gasteiger charge is 2.38. The Balaban J connectivity index is 1.73. The minimum Gasteiger partial charge on any atom is -0.338 e. The molecule has 5 heteroatoms. The van der Waals surface area contributed by atoms with Gasteiger partial charge < -0.3 is 9.47 Å². The quantitative estimate of drug-likeness (QED) is 0.704. The molecule has 4 nitrogen and oxygen atoms in total. The molecular formula is C19H19N3OS. The van der Waals surface area contributed by atoms with Gasteiger partial charge >= 0.3 is 0 Å². The summed E-state index contributed by atoms with van der Waals surface area (Å²) in [6, 6.07) is 8.58. The van der Waals surface area contributed by atoms with Crippen molar-refractivity contribution in [2.24, 2.45) is 0 Å². The Bertz CT molecular complexity index is 966. The van der Waals surface area contributed by atoms with Crippen molar-refractivity contribution in [2.75, 3.05) is 7.05 Å². The fourth-order valence-electron chi connectivity index (χ4n) is 3.78. The monoisotopic (exact) mass is 337 g/mol. The number of carbonyl (C=O) groups is 1. The van der Waals surface area contributed by atoms with Crippen LogP contribution in [0.5, 0.6) is 0 Å². The molecule has 0 unspecified atom stereocenters. The highest BCUT2D eigenvalue weighted by molar-refractivity contribution is 7.17. The van der Waals surface area contributed by atoms with E-state index >= 15 is 0 Å². The van der Waals surface area contributed by atoms with Crippen LogP contribution in [0.25, 0.3) is 21.3 Å². The first-order chi connectivity index (χ1) is 11.6. The average Bonchev–Trinajstić information content (AvgIpc) is 3.19. The highest BCUT2D eigenvalue weighted by Crippen LogP contribution is 2.44. The second-order valence-corrected chi connectivity index (χ2v) is 7.90. The van der Waals surface area contributed by atoms with Crippen LogP contribution in [-0.4, -0.2) is 27.4 Å². The van der Waals surface area contributed by atoms with Gasteiger partial charge in [-0.15, -0.1) is 11.3 Å². The summed E-state index contributed by atoms with van der Waals surface area (Å²) in [4.78, 5) is 19.3. The molecule has 1 aliphatic heterocycles. The molecule has 0 N–H and O–H groups in total. The van der Waals surface area contributed by atoms with E-state index in [-0.39, 0.29) is 11.9 Å². The molecule has 1 saturated carbocycles. The molecule has 1 fully saturated rings. The van der Waals surface area contributed by atoms with Gasteiger partial charge in [0.15, 0.2) is 0 Å². The van der Waals surface area contributed by atoms with E-state index < -0.39 is 0 Å². The highest BCUT2D eigenvalue weighted by atomic mass is 32.1. The Morgan fingerprint density at radius 2 is 2.08 bits per heavy atom. The molecule has 1 aromatic carbocycles. The van der Waals surface area contributed by atoms with Gasteiger partial charge in [-0.25, -0.2) is 4.98 Å². The van der Waals surface area contributed by atoms with Crippen LogP contribution in [0.2, 0.25) is 0 Å². The molecule has 0 bridgehead atoms. The maximum Gasteiger partial charge on any atom is 0.245 e. The zero-order chi connectivity index (χ0) is 16.4. The maximum atomic E-state index is 12.4. The smallest absolute Gasteiger partial charge is 0.245 e. The average molecular weight is 337 g/mol. The van der Waals surface area contributed by atoms with Gasteiger partial charge in [-0.2, -0.15) is 0 Å². The van der Waals surface area contributed by atoms with Crippen molar-refractivity contribution in [3.8, 4) is 11.3 Å². The van der Waals surface area contributed by atoms with Gasteiger partial charge in [0.2, 0.25) is 5.91 Å². The maximum absolute atomic E-state index is 12.4. The first kappa shape index (κ1) is 14.2. The summed E-state index contributed by atoms with van der Waals surface area (Å²) < 4.78 is 3.52. The predicted molar refractivity (Wildman–Crippen MR) is 96.2 cm³/mol. The van der Waals surface area contributed by atoms with Crippen LogP contribution >= 0.6 is 11.3 Å². The van der Waals surface area contributed by atoms with Crippen LogP contribution in [0, 0.1) is 0 Å². The molecule has 3 aromatic rings. The van der Waals surface area contributed by atoms with E-state index in [1.807, 2.05) is 18.9 Å². The summed E-state index contributed by atoms with van der Waals surface area (Å²) in [6.45, 7) is 2.64. The van der Waals surface area contributed by atoms with Crippen LogP contribution in [0.4, 0.5) is 0 Å². The summed E-state index contributed by atoms with van der Waals surface area (Å²) in [5.74, 6) is 1.82. The summed E-state index contributed by atoms with van der Waals surface area (Å²) in [7, 11) is 1.89. The largest absolute Gasteiger partial charge is 0.338 e. The van der Waals surface area contributed by atoms with Gasteiger partial charge in [0.25, 0.3) is 0 Å². The zero-order valence-corrected chi connectivity index (χ0v) is 14.6. The van der Waals surface area contributed by atoms with E-state index in [0.717, 1.165) is 17.1 Å². The molecule has 3 heterocycles. The summed E-state index contributed by atoms with van der Waals surface area (Å²) >= 11 is 1.76. The fourth-order valence-corrected chi connectivity index (χ4v) is 4.55.